The molecule has 0 rings (SSSR count). The van der Waals surface area contributed by atoms with E-state index in [4.69, 9.17) is 0 Å². The summed E-state index contributed by atoms with van der Waals surface area (Å²) in [5.74, 6) is 1.02. The molecule has 0 N–H and O–H groups in total. The molecule has 16 heavy (non-hydrogen) atoms. The third-order valence-corrected chi connectivity index (χ3v) is 2.46. The molecule has 0 atom stereocenters. The van der Waals surface area contributed by atoms with Gasteiger partial charge in [0.25, 0.3) is 0 Å². The van der Waals surface area contributed by atoms with Crippen molar-refractivity contribution >= 4 is 12.1 Å². The molecule has 0 amide bonds. The lowest BCUT2D eigenvalue weighted by Gasteiger charge is -2.15. The van der Waals surface area contributed by atoms with Crippen LogP contribution in [-0.4, -0.2) is 31.1 Å². The number of carbonyl (C=O) groups excluding carboxylic acids is 1. The van der Waals surface area contributed by atoms with Crippen LogP contribution >= 0.6 is 0 Å². The van der Waals surface area contributed by atoms with Crippen LogP contribution < -0.4 is 0 Å². The molecule has 0 saturated heterocycles. The Labute approximate surface area is 99.2 Å². The van der Waals surface area contributed by atoms with Crippen LogP contribution in [0.3, 0.4) is 0 Å². The zero-order valence-corrected chi connectivity index (χ0v) is 11.2. The highest BCUT2D eigenvalue weighted by Crippen LogP contribution is 2.15. The Morgan fingerprint density at radius 1 is 1.19 bits per heavy atom. The fraction of sp³-hybridized carbons (Fsp3) is 0.692. The van der Waals surface area contributed by atoms with Crippen LogP contribution in [0.2, 0.25) is 0 Å². The Kier molecular flexibility index (Phi) is 7.52. The third kappa shape index (κ3) is 4.60. The van der Waals surface area contributed by atoms with Gasteiger partial charge in [-0.1, -0.05) is 27.2 Å². The molecule has 0 heterocycles. The molecule has 0 saturated carbocycles. The summed E-state index contributed by atoms with van der Waals surface area (Å²) in [6.07, 6.45) is 4.45. The van der Waals surface area contributed by atoms with Gasteiger partial charge in [0.15, 0.2) is 0 Å². The van der Waals surface area contributed by atoms with Crippen molar-refractivity contribution in [1.29, 1.82) is 0 Å². The molecule has 0 aliphatic heterocycles. The molecule has 0 radical (unpaired) electrons. The number of aliphatic imine (C=N–C) groups is 1. The van der Waals surface area contributed by atoms with Crippen molar-refractivity contribution in [1.82, 2.24) is 4.90 Å². The average Bonchev–Trinajstić information content (AvgIpc) is 2.28. The summed E-state index contributed by atoms with van der Waals surface area (Å²) in [6.45, 7) is 6.20. The maximum Gasteiger partial charge on any atom is 0.147 e. The van der Waals surface area contributed by atoms with Crippen molar-refractivity contribution in [3.63, 3.8) is 0 Å². The van der Waals surface area contributed by atoms with Gasteiger partial charge in [0.2, 0.25) is 0 Å². The SMILES string of the molecule is CCC/C(C=O)=C(\CC)N=C(CC)N(C)C. The molecule has 0 aromatic rings. The van der Waals surface area contributed by atoms with Crippen molar-refractivity contribution in [2.45, 2.75) is 46.5 Å². The van der Waals surface area contributed by atoms with Crippen LogP contribution in [0.4, 0.5) is 0 Å². The van der Waals surface area contributed by atoms with Gasteiger partial charge in [-0.15, -0.1) is 0 Å². The molecule has 0 fully saturated rings. The molecule has 0 aliphatic rings. The summed E-state index contributed by atoms with van der Waals surface area (Å²) in [5.41, 5.74) is 1.78. The van der Waals surface area contributed by atoms with Gasteiger partial charge in [-0.2, -0.15) is 0 Å². The summed E-state index contributed by atoms with van der Waals surface area (Å²) in [6, 6.07) is 0. The Morgan fingerprint density at radius 2 is 1.81 bits per heavy atom. The first-order valence-corrected chi connectivity index (χ1v) is 6.02. The van der Waals surface area contributed by atoms with E-state index in [2.05, 4.69) is 18.8 Å². The number of allylic oxidation sites excluding steroid dienone is 2. The highest BCUT2D eigenvalue weighted by Gasteiger charge is 2.05. The maximum atomic E-state index is 11.0. The van der Waals surface area contributed by atoms with Gasteiger partial charge in [-0.05, 0) is 12.8 Å². The van der Waals surface area contributed by atoms with Crippen molar-refractivity contribution < 1.29 is 4.79 Å². The van der Waals surface area contributed by atoms with Crippen molar-refractivity contribution in [2.24, 2.45) is 4.99 Å². The largest absolute Gasteiger partial charge is 0.366 e. The van der Waals surface area contributed by atoms with E-state index >= 15 is 0 Å². The van der Waals surface area contributed by atoms with E-state index < -0.39 is 0 Å². The predicted octanol–water partition coefficient (Wildman–Crippen LogP) is 3.02. The minimum absolute atomic E-state index is 0.811. The van der Waals surface area contributed by atoms with Crippen LogP contribution in [0.25, 0.3) is 0 Å². The lowest BCUT2D eigenvalue weighted by molar-refractivity contribution is -0.105. The molecule has 0 spiro atoms. The smallest absolute Gasteiger partial charge is 0.147 e. The number of nitrogens with zero attached hydrogens (tertiary/aromatic N) is 2. The summed E-state index contributed by atoms with van der Waals surface area (Å²) in [4.78, 5) is 17.6. The first-order valence-electron chi connectivity index (χ1n) is 6.02. The van der Waals surface area contributed by atoms with E-state index in [1.807, 2.05) is 25.9 Å². The molecule has 0 bridgehead atoms. The van der Waals surface area contributed by atoms with Gasteiger partial charge in [0.05, 0.1) is 0 Å². The zero-order valence-electron chi connectivity index (χ0n) is 11.2. The van der Waals surface area contributed by atoms with Gasteiger partial charge < -0.3 is 4.90 Å². The number of rotatable bonds is 6. The molecule has 0 unspecified atom stereocenters. The van der Waals surface area contributed by atoms with Gasteiger partial charge in [0, 0.05) is 31.8 Å². The Morgan fingerprint density at radius 3 is 2.12 bits per heavy atom. The Hall–Kier alpha value is -1.12. The van der Waals surface area contributed by atoms with E-state index in [-0.39, 0.29) is 0 Å². The van der Waals surface area contributed by atoms with Crippen molar-refractivity contribution in [3.8, 4) is 0 Å². The maximum absolute atomic E-state index is 11.0. The van der Waals surface area contributed by atoms with Crippen LogP contribution in [0.15, 0.2) is 16.3 Å². The molecule has 0 aromatic carbocycles. The molecule has 92 valence electrons. The summed E-state index contributed by atoms with van der Waals surface area (Å²) in [5, 5.41) is 0. The van der Waals surface area contributed by atoms with E-state index in [1.165, 1.54) is 0 Å². The van der Waals surface area contributed by atoms with Crippen LogP contribution in [0.1, 0.15) is 46.5 Å². The minimum Gasteiger partial charge on any atom is -0.366 e. The highest BCUT2D eigenvalue weighted by molar-refractivity contribution is 5.84. The second-order valence-corrected chi connectivity index (χ2v) is 3.97. The standard InChI is InChI=1S/C13H24N2O/c1-6-9-11(10-16)12(7-2)14-13(8-3)15(4)5/h10H,6-9H2,1-5H3/b12-11-,14-13?. The topological polar surface area (TPSA) is 32.7 Å². The van der Waals surface area contributed by atoms with Gasteiger partial charge in [-0.25, -0.2) is 4.99 Å². The molecular weight excluding hydrogens is 200 g/mol. The van der Waals surface area contributed by atoms with Crippen LogP contribution in [-0.2, 0) is 4.79 Å². The quantitative estimate of drug-likeness (QED) is 0.301. The number of amidine groups is 1. The van der Waals surface area contributed by atoms with Gasteiger partial charge in [0.1, 0.15) is 12.1 Å². The first kappa shape index (κ1) is 14.9. The molecule has 3 nitrogen and oxygen atoms in total. The number of hydrogen-bond donors (Lipinski definition) is 0. The monoisotopic (exact) mass is 224 g/mol. The predicted molar refractivity (Wildman–Crippen MR) is 69.7 cm³/mol. The first-order chi connectivity index (χ1) is 7.60. The zero-order chi connectivity index (χ0) is 12.6. The fourth-order valence-corrected chi connectivity index (χ4v) is 1.57. The van der Waals surface area contributed by atoms with E-state index in [0.717, 1.165) is 49.1 Å². The van der Waals surface area contributed by atoms with Gasteiger partial charge in [-0.3, -0.25) is 4.79 Å². The van der Waals surface area contributed by atoms with Crippen molar-refractivity contribution in [2.75, 3.05) is 14.1 Å². The number of aldehydes is 1. The minimum atomic E-state index is 0.811. The van der Waals surface area contributed by atoms with Gasteiger partial charge >= 0.3 is 0 Å². The normalized spacial score (nSPS) is 13.4. The van der Waals surface area contributed by atoms with E-state index in [1.54, 1.807) is 0 Å². The van der Waals surface area contributed by atoms with E-state index in [9.17, 15) is 4.79 Å². The molecule has 0 aromatic heterocycles. The molecule has 0 aliphatic carbocycles. The lowest BCUT2D eigenvalue weighted by Crippen LogP contribution is -2.21. The summed E-state index contributed by atoms with van der Waals surface area (Å²) < 4.78 is 0. The van der Waals surface area contributed by atoms with Crippen LogP contribution in [0, 0.1) is 0 Å². The second kappa shape index (κ2) is 8.08. The fourth-order valence-electron chi connectivity index (χ4n) is 1.57. The average molecular weight is 224 g/mol. The lowest BCUT2D eigenvalue weighted by atomic mass is 10.1. The second-order valence-electron chi connectivity index (χ2n) is 3.97. The molecular formula is C13H24N2O. The summed E-state index contributed by atoms with van der Waals surface area (Å²) >= 11 is 0. The number of hydrogen-bond acceptors (Lipinski definition) is 2. The third-order valence-electron chi connectivity index (χ3n) is 2.46. The molecule has 3 heteroatoms. The number of carbonyl (C=O) groups is 1. The highest BCUT2D eigenvalue weighted by atomic mass is 16.1. The van der Waals surface area contributed by atoms with Crippen LogP contribution in [0.5, 0.6) is 0 Å². The van der Waals surface area contributed by atoms with E-state index in [0.29, 0.717) is 0 Å². The Balaban J connectivity index is 5.16. The summed E-state index contributed by atoms with van der Waals surface area (Å²) in [7, 11) is 3.96. The van der Waals surface area contributed by atoms with Crippen molar-refractivity contribution in [3.05, 3.63) is 11.3 Å². The Bertz CT molecular complexity index is 278.